The van der Waals surface area contributed by atoms with Crippen LogP contribution in [0.2, 0.25) is 0 Å². The number of sulfonamides is 1. The Kier molecular flexibility index (Phi) is 5.72. The maximum atomic E-state index is 12.3. The minimum atomic E-state index is -4.07. The predicted molar refractivity (Wildman–Crippen MR) is 79.3 cm³/mol. The summed E-state index contributed by atoms with van der Waals surface area (Å²) in [6.07, 6.45) is 3.57. The van der Waals surface area contributed by atoms with Crippen molar-refractivity contribution in [3.8, 4) is 0 Å². The minimum absolute atomic E-state index is 0.284. The third-order valence-corrected chi connectivity index (χ3v) is 5.58. The molecule has 130 valence electrons. The van der Waals surface area contributed by atoms with Crippen LogP contribution in [0.5, 0.6) is 0 Å². The molecule has 1 aliphatic rings. The second kappa shape index (κ2) is 7.37. The van der Waals surface area contributed by atoms with Crippen molar-refractivity contribution < 1.29 is 22.0 Å². The normalized spacial score (nSPS) is 22.3. The number of nitrogens with zero attached hydrogens (tertiary/aromatic N) is 2. The van der Waals surface area contributed by atoms with Crippen molar-refractivity contribution in [1.29, 1.82) is 0 Å². The first-order valence-electron chi connectivity index (χ1n) is 7.69. The highest BCUT2D eigenvalue weighted by Gasteiger charge is 2.29. The fourth-order valence-electron chi connectivity index (χ4n) is 2.83. The molecule has 2 rings (SSSR count). The van der Waals surface area contributed by atoms with Crippen molar-refractivity contribution in [1.82, 2.24) is 14.5 Å². The molecule has 0 radical (unpaired) electrons. The molecule has 1 aromatic heterocycles. The van der Waals surface area contributed by atoms with E-state index in [4.69, 9.17) is 0 Å². The summed E-state index contributed by atoms with van der Waals surface area (Å²) < 4.78 is 51.7. The monoisotopic (exact) mass is 349 g/mol. The van der Waals surface area contributed by atoms with Crippen LogP contribution in [0, 0.1) is 11.8 Å². The number of aromatic nitrogens is 2. The average Bonchev–Trinajstić information content (AvgIpc) is 2.95. The number of amides is 1. The van der Waals surface area contributed by atoms with E-state index in [1.165, 1.54) is 0 Å². The molecule has 0 unspecified atom stereocenters. The lowest BCUT2D eigenvalue weighted by Crippen LogP contribution is -2.37. The van der Waals surface area contributed by atoms with Gasteiger partial charge in [0.05, 0.1) is 6.20 Å². The van der Waals surface area contributed by atoms with Gasteiger partial charge in [-0.3, -0.25) is 9.48 Å². The topological polar surface area (TPSA) is 81.1 Å². The molecule has 1 aliphatic carbocycles. The molecule has 1 aromatic rings. The number of hydrogen-bond acceptors (Lipinski definition) is 4. The Morgan fingerprint density at radius 3 is 2.61 bits per heavy atom. The standard InChI is InChI=1S/C14H21F2N3O3S/c1-2-10-3-5-11(6-4-10)14(20)18-23(21,22)12-7-17-19(8-12)9-13(15)16/h7-8,10-11,13H,2-6,9H2,1H3,(H,18,20). The van der Waals surface area contributed by atoms with Gasteiger partial charge in [0.25, 0.3) is 16.4 Å². The molecule has 0 aromatic carbocycles. The number of carbonyl (C=O) groups is 1. The minimum Gasteiger partial charge on any atom is -0.274 e. The molecule has 1 saturated carbocycles. The largest absolute Gasteiger partial charge is 0.274 e. The van der Waals surface area contributed by atoms with Crippen LogP contribution < -0.4 is 4.72 Å². The van der Waals surface area contributed by atoms with Gasteiger partial charge in [0.1, 0.15) is 11.4 Å². The van der Waals surface area contributed by atoms with E-state index < -0.39 is 28.9 Å². The maximum absolute atomic E-state index is 12.3. The highest BCUT2D eigenvalue weighted by molar-refractivity contribution is 7.90. The van der Waals surface area contributed by atoms with Crippen molar-refractivity contribution in [2.24, 2.45) is 11.8 Å². The lowest BCUT2D eigenvalue weighted by Gasteiger charge is -2.26. The van der Waals surface area contributed by atoms with Gasteiger partial charge in [0.15, 0.2) is 0 Å². The third kappa shape index (κ3) is 4.73. The highest BCUT2D eigenvalue weighted by Crippen LogP contribution is 2.30. The van der Waals surface area contributed by atoms with E-state index in [2.05, 4.69) is 12.0 Å². The molecule has 0 atom stereocenters. The number of hydrogen-bond donors (Lipinski definition) is 1. The lowest BCUT2D eigenvalue weighted by molar-refractivity contribution is -0.124. The van der Waals surface area contributed by atoms with Gasteiger partial charge in [-0.15, -0.1) is 0 Å². The average molecular weight is 349 g/mol. The van der Waals surface area contributed by atoms with Crippen molar-refractivity contribution in [3.05, 3.63) is 12.4 Å². The molecule has 9 heteroatoms. The van der Waals surface area contributed by atoms with Crippen LogP contribution in [0.3, 0.4) is 0 Å². The van der Waals surface area contributed by atoms with E-state index in [0.717, 1.165) is 36.3 Å². The molecule has 0 aliphatic heterocycles. The Bertz CT molecular complexity index is 637. The van der Waals surface area contributed by atoms with Gasteiger partial charge in [-0.2, -0.15) is 5.10 Å². The SMILES string of the molecule is CCC1CCC(C(=O)NS(=O)(=O)c2cnn(CC(F)F)c2)CC1. The predicted octanol–water partition coefficient (Wildman–Crippen LogP) is 2.17. The number of carbonyl (C=O) groups excluding carboxylic acids is 1. The molecule has 23 heavy (non-hydrogen) atoms. The quantitative estimate of drug-likeness (QED) is 0.853. The van der Waals surface area contributed by atoms with Gasteiger partial charge >= 0.3 is 0 Å². The molecule has 0 saturated heterocycles. The van der Waals surface area contributed by atoms with Gasteiger partial charge < -0.3 is 0 Å². The van der Waals surface area contributed by atoms with E-state index >= 15 is 0 Å². The summed E-state index contributed by atoms with van der Waals surface area (Å²) in [5, 5.41) is 3.57. The Balaban J connectivity index is 1.98. The third-order valence-electron chi connectivity index (χ3n) is 4.27. The Morgan fingerprint density at radius 2 is 2.04 bits per heavy atom. The van der Waals surface area contributed by atoms with E-state index in [1.807, 2.05) is 4.72 Å². The first-order valence-corrected chi connectivity index (χ1v) is 9.17. The van der Waals surface area contributed by atoms with E-state index in [-0.39, 0.29) is 10.8 Å². The molecule has 1 heterocycles. The van der Waals surface area contributed by atoms with E-state index in [0.29, 0.717) is 18.8 Å². The first kappa shape index (κ1) is 17.8. The van der Waals surface area contributed by atoms with Crippen LogP contribution in [-0.4, -0.2) is 30.5 Å². The molecule has 1 amide bonds. The summed E-state index contributed by atoms with van der Waals surface area (Å²) in [5.41, 5.74) is 0. The smallest absolute Gasteiger partial charge is 0.267 e. The summed E-state index contributed by atoms with van der Waals surface area (Å²) in [4.78, 5) is 11.8. The zero-order valence-electron chi connectivity index (χ0n) is 12.9. The summed E-state index contributed by atoms with van der Waals surface area (Å²) in [6, 6.07) is 0. The van der Waals surface area contributed by atoms with Crippen LogP contribution in [0.4, 0.5) is 8.78 Å². The highest BCUT2D eigenvalue weighted by atomic mass is 32.2. The van der Waals surface area contributed by atoms with Crippen molar-refractivity contribution in [2.75, 3.05) is 0 Å². The van der Waals surface area contributed by atoms with Crippen LogP contribution in [0.25, 0.3) is 0 Å². The second-order valence-electron chi connectivity index (χ2n) is 5.88. The fourth-order valence-corrected chi connectivity index (χ4v) is 3.83. The zero-order valence-corrected chi connectivity index (χ0v) is 13.7. The summed E-state index contributed by atoms with van der Waals surface area (Å²) >= 11 is 0. The van der Waals surface area contributed by atoms with Gasteiger partial charge in [-0.25, -0.2) is 21.9 Å². The number of halogens is 2. The van der Waals surface area contributed by atoms with Gasteiger partial charge in [-0.1, -0.05) is 13.3 Å². The van der Waals surface area contributed by atoms with Crippen molar-refractivity contribution in [2.45, 2.75) is 56.9 Å². The molecule has 0 spiro atoms. The molecule has 1 N–H and O–H groups in total. The van der Waals surface area contributed by atoms with Gasteiger partial charge in [-0.05, 0) is 31.6 Å². The Hall–Kier alpha value is -1.51. The van der Waals surface area contributed by atoms with Gasteiger partial charge in [0, 0.05) is 12.1 Å². The van der Waals surface area contributed by atoms with Crippen LogP contribution in [0.1, 0.15) is 39.0 Å². The van der Waals surface area contributed by atoms with Crippen molar-refractivity contribution in [3.63, 3.8) is 0 Å². The van der Waals surface area contributed by atoms with E-state index in [9.17, 15) is 22.0 Å². The van der Waals surface area contributed by atoms with Crippen LogP contribution in [0.15, 0.2) is 17.3 Å². The second-order valence-corrected chi connectivity index (χ2v) is 7.57. The van der Waals surface area contributed by atoms with Gasteiger partial charge in [0.2, 0.25) is 5.91 Å². The number of rotatable bonds is 6. The maximum Gasteiger partial charge on any atom is 0.267 e. The Morgan fingerprint density at radius 1 is 1.39 bits per heavy atom. The molecular weight excluding hydrogens is 328 g/mol. The molecule has 1 fully saturated rings. The van der Waals surface area contributed by atoms with Crippen LogP contribution in [-0.2, 0) is 21.4 Å². The number of alkyl halides is 2. The van der Waals surface area contributed by atoms with Crippen molar-refractivity contribution >= 4 is 15.9 Å². The molecular formula is C14H21F2N3O3S. The zero-order chi connectivity index (χ0) is 17.0. The molecule has 0 bridgehead atoms. The summed E-state index contributed by atoms with van der Waals surface area (Å²) in [6.45, 7) is 1.41. The fraction of sp³-hybridized carbons (Fsp3) is 0.714. The Labute approximate surface area is 134 Å². The van der Waals surface area contributed by atoms with E-state index in [1.54, 1.807) is 0 Å². The lowest BCUT2D eigenvalue weighted by atomic mass is 9.80. The van der Waals surface area contributed by atoms with Crippen LogP contribution >= 0.6 is 0 Å². The summed E-state index contributed by atoms with van der Waals surface area (Å²) in [5.74, 6) is -0.243. The first-order chi connectivity index (χ1) is 10.8. The number of nitrogens with one attached hydrogen (secondary N) is 1. The molecule has 6 nitrogen and oxygen atoms in total. The summed E-state index contributed by atoms with van der Waals surface area (Å²) in [7, 11) is -4.07.